The van der Waals surface area contributed by atoms with Gasteiger partial charge in [-0.25, -0.2) is 17.6 Å². The third-order valence-corrected chi connectivity index (χ3v) is 6.77. The number of hydrogen-bond donors (Lipinski definition) is 0. The molecule has 0 heterocycles. The quantitative estimate of drug-likeness (QED) is 0.0974. The maximum absolute atomic E-state index is 14.8. The summed E-state index contributed by atoms with van der Waals surface area (Å²) in [5.74, 6) is -23.0. The standard InChI is InChI=1S/C27H28F8O3/c1-3-5-6-12-37-25-21(32)17(28)15(18(29)22(25)33)16-19(30)23(34)26(24(35)20(16)31)38-27(36)14-10-8-13(7-4-2)9-11-14/h13-14H,3-12H2,1-2H3/t13-,14-. The molecule has 1 fully saturated rings. The zero-order chi connectivity index (χ0) is 28.1. The number of rotatable bonds is 10. The Kier molecular flexibility index (Phi) is 10.0. The molecule has 1 aliphatic rings. The number of benzene rings is 2. The van der Waals surface area contributed by atoms with Gasteiger partial charge in [-0.2, -0.15) is 17.6 Å². The lowest BCUT2D eigenvalue weighted by molar-refractivity contribution is -0.140. The smallest absolute Gasteiger partial charge is 0.314 e. The molecule has 2 aromatic rings. The molecule has 1 aliphatic carbocycles. The van der Waals surface area contributed by atoms with E-state index in [0.717, 1.165) is 12.8 Å². The van der Waals surface area contributed by atoms with Crippen molar-refractivity contribution >= 4 is 5.97 Å². The van der Waals surface area contributed by atoms with Gasteiger partial charge in [0.05, 0.1) is 23.7 Å². The van der Waals surface area contributed by atoms with Crippen molar-refractivity contribution in [1.82, 2.24) is 0 Å². The number of hydrogen-bond acceptors (Lipinski definition) is 3. The fraction of sp³-hybridized carbons (Fsp3) is 0.519. The van der Waals surface area contributed by atoms with Gasteiger partial charge in [-0.05, 0) is 38.0 Å². The lowest BCUT2D eigenvalue weighted by Crippen LogP contribution is -2.26. The van der Waals surface area contributed by atoms with Crippen LogP contribution >= 0.6 is 0 Å². The zero-order valence-electron chi connectivity index (χ0n) is 21.0. The molecule has 3 rings (SSSR count). The van der Waals surface area contributed by atoms with Gasteiger partial charge in [0.2, 0.25) is 29.0 Å². The average molecular weight is 553 g/mol. The van der Waals surface area contributed by atoms with Gasteiger partial charge in [0.1, 0.15) is 0 Å². The summed E-state index contributed by atoms with van der Waals surface area (Å²) in [6.45, 7) is 3.52. The molecule has 0 aromatic heterocycles. The Morgan fingerprint density at radius 3 is 1.58 bits per heavy atom. The normalized spacial score (nSPS) is 17.5. The van der Waals surface area contributed by atoms with Crippen molar-refractivity contribution < 1.29 is 49.4 Å². The fourth-order valence-corrected chi connectivity index (χ4v) is 4.68. The van der Waals surface area contributed by atoms with Gasteiger partial charge in [-0.15, -0.1) is 0 Å². The minimum absolute atomic E-state index is 0.292. The second kappa shape index (κ2) is 12.8. The highest BCUT2D eigenvalue weighted by molar-refractivity contribution is 5.76. The number of ether oxygens (including phenoxy) is 2. The monoisotopic (exact) mass is 552 g/mol. The largest absolute Gasteiger partial charge is 0.487 e. The molecule has 0 aliphatic heterocycles. The van der Waals surface area contributed by atoms with Gasteiger partial charge >= 0.3 is 5.97 Å². The first kappa shape index (κ1) is 29.7. The molecular weight excluding hydrogens is 524 g/mol. The molecule has 210 valence electrons. The number of esters is 1. The molecule has 0 N–H and O–H groups in total. The van der Waals surface area contributed by atoms with Gasteiger partial charge in [0.15, 0.2) is 29.0 Å². The van der Waals surface area contributed by atoms with Crippen molar-refractivity contribution in [3.05, 3.63) is 46.5 Å². The predicted molar refractivity (Wildman–Crippen MR) is 123 cm³/mol. The highest BCUT2D eigenvalue weighted by Gasteiger charge is 2.37. The van der Waals surface area contributed by atoms with E-state index < -0.39 is 81.1 Å². The predicted octanol–water partition coefficient (Wildman–Crippen LogP) is 8.55. The number of carbonyl (C=O) groups is 1. The number of halogens is 8. The molecule has 0 spiro atoms. The second-order valence-corrected chi connectivity index (χ2v) is 9.40. The zero-order valence-corrected chi connectivity index (χ0v) is 21.0. The van der Waals surface area contributed by atoms with Crippen LogP contribution in [-0.4, -0.2) is 12.6 Å². The first-order chi connectivity index (χ1) is 18.0. The summed E-state index contributed by atoms with van der Waals surface area (Å²) in [5.41, 5.74) is -4.05. The summed E-state index contributed by atoms with van der Waals surface area (Å²) >= 11 is 0. The van der Waals surface area contributed by atoms with Gasteiger partial charge < -0.3 is 9.47 Å². The summed E-state index contributed by atoms with van der Waals surface area (Å²) < 4.78 is 127. The first-order valence-electron chi connectivity index (χ1n) is 12.6. The average Bonchev–Trinajstić information content (AvgIpc) is 2.90. The van der Waals surface area contributed by atoms with E-state index in [9.17, 15) is 39.9 Å². The van der Waals surface area contributed by atoms with E-state index in [1.165, 1.54) is 0 Å². The van der Waals surface area contributed by atoms with Crippen LogP contribution in [0.2, 0.25) is 0 Å². The minimum atomic E-state index is -2.40. The minimum Gasteiger partial charge on any atom is -0.487 e. The summed E-state index contributed by atoms with van der Waals surface area (Å²) in [5, 5.41) is 0. The molecule has 1 saturated carbocycles. The van der Waals surface area contributed by atoms with E-state index in [-0.39, 0.29) is 6.61 Å². The Morgan fingerprint density at radius 1 is 0.658 bits per heavy atom. The Hall–Kier alpha value is -2.85. The molecule has 2 aromatic carbocycles. The molecule has 0 amide bonds. The first-order valence-corrected chi connectivity index (χ1v) is 12.6. The highest BCUT2D eigenvalue weighted by atomic mass is 19.2. The summed E-state index contributed by atoms with van der Waals surface area (Å²) in [6, 6.07) is 0. The van der Waals surface area contributed by atoms with Gasteiger partial charge in [-0.1, -0.05) is 39.5 Å². The van der Waals surface area contributed by atoms with Crippen LogP contribution in [0.25, 0.3) is 11.1 Å². The highest BCUT2D eigenvalue weighted by Crippen LogP contribution is 2.42. The van der Waals surface area contributed by atoms with Crippen LogP contribution in [0.15, 0.2) is 0 Å². The van der Waals surface area contributed by atoms with Crippen LogP contribution in [0.4, 0.5) is 35.1 Å². The van der Waals surface area contributed by atoms with Gasteiger partial charge in [0, 0.05) is 0 Å². The van der Waals surface area contributed by atoms with Crippen LogP contribution in [-0.2, 0) is 4.79 Å². The van der Waals surface area contributed by atoms with E-state index in [1.807, 2.05) is 13.8 Å². The van der Waals surface area contributed by atoms with E-state index >= 15 is 0 Å². The van der Waals surface area contributed by atoms with Gasteiger partial charge in [0.25, 0.3) is 0 Å². The molecule has 11 heteroatoms. The number of carbonyl (C=O) groups excluding carboxylic acids is 1. The maximum atomic E-state index is 14.8. The SMILES string of the molecule is CCCCCOc1c(F)c(F)c(-c2c(F)c(F)c(OC(=O)[C@H]3CC[C@H](CCC)CC3)c(F)c2F)c(F)c1F. The van der Waals surface area contributed by atoms with Crippen molar-refractivity contribution in [2.75, 3.05) is 6.61 Å². The van der Waals surface area contributed by atoms with Crippen LogP contribution in [0.1, 0.15) is 71.6 Å². The lowest BCUT2D eigenvalue weighted by Gasteiger charge is -2.27. The van der Waals surface area contributed by atoms with E-state index in [2.05, 4.69) is 4.74 Å². The Bertz CT molecular complexity index is 1120. The molecule has 0 atom stereocenters. The van der Waals surface area contributed by atoms with Crippen LogP contribution in [0.3, 0.4) is 0 Å². The molecule has 38 heavy (non-hydrogen) atoms. The van der Waals surface area contributed by atoms with Crippen molar-refractivity contribution in [2.45, 2.75) is 71.6 Å². The van der Waals surface area contributed by atoms with Crippen molar-refractivity contribution in [3.8, 4) is 22.6 Å². The molecule has 3 nitrogen and oxygen atoms in total. The molecule has 0 bridgehead atoms. The fourth-order valence-electron chi connectivity index (χ4n) is 4.68. The summed E-state index contributed by atoms with van der Waals surface area (Å²) in [7, 11) is 0. The summed E-state index contributed by atoms with van der Waals surface area (Å²) in [6.07, 6.45) is 5.49. The van der Waals surface area contributed by atoms with Gasteiger partial charge in [-0.3, -0.25) is 4.79 Å². The number of unbranched alkanes of at least 4 members (excludes halogenated alkanes) is 2. The Morgan fingerprint density at radius 2 is 1.13 bits per heavy atom. The molecule has 0 saturated heterocycles. The lowest BCUT2D eigenvalue weighted by atomic mass is 9.80. The Balaban J connectivity index is 1.95. The van der Waals surface area contributed by atoms with Crippen LogP contribution in [0, 0.1) is 58.4 Å². The maximum Gasteiger partial charge on any atom is 0.314 e. The van der Waals surface area contributed by atoms with Crippen molar-refractivity contribution in [3.63, 3.8) is 0 Å². The van der Waals surface area contributed by atoms with Crippen LogP contribution < -0.4 is 9.47 Å². The third-order valence-electron chi connectivity index (χ3n) is 6.77. The third kappa shape index (κ3) is 5.91. The van der Waals surface area contributed by atoms with Crippen molar-refractivity contribution in [1.29, 1.82) is 0 Å². The second-order valence-electron chi connectivity index (χ2n) is 9.40. The Labute approximate surface area is 215 Å². The molecular formula is C27H28F8O3. The van der Waals surface area contributed by atoms with Crippen LogP contribution in [0.5, 0.6) is 11.5 Å². The van der Waals surface area contributed by atoms with E-state index in [1.54, 1.807) is 0 Å². The summed E-state index contributed by atoms with van der Waals surface area (Å²) in [4.78, 5) is 12.4. The topological polar surface area (TPSA) is 35.5 Å². The van der Waals surface area contributed by atoms with E-state index in [0.29, 0.717) is 50.9 Å². The molecule has 0 radical (unpaired) electrons. The van der Waals surface area contributed by atoms with E-state index in [4.69, 9.17) is 4.74 Å². The van der Waals surface area contributed by atoms with Crippen molar-refractivity contribution in [2.24, 2.45) is 11.8 Å². The molecule has 0 unspecified atom stereocenters.